The average molecular weight is 335 g/mol. The van der Waals surface area contributed by atoms with Crippen LogP contribution < -0.4 is 20.1 Å². The Bertz CT molecular complexity index is 530. The van der Waals surface area contributed by atoms with Crippen LogP contribution in [0, 0.1) is 5.92 Å². The Hall–Kier alpha value is -1.95. The molecule has 1 aromatic rings. The molecule has 2 rings (SSSR count). The maximum absolute atomic E-state index is 5.63. The number of rotatable bonds is 10. The van der Waals surface area contributed by atoms with Crippen LogP contribution in [0.25, 0.3) is 0 Å². The highest BCUT2D eigenvalue weighted by Gasteiger charge is 2.20. The van der Waals surface area contributed by atoms with Gasteiger partial charge in [0, 0.05) is 38.6 Å². The number of methoxy groups -OCH3 is 1. The van der Waals surface area contributed by atoms with Crippen molar-refractivity contribution in [1.82, 2.24) is 5.32 Å². The summed E-state index contributed by atoms with van der Waals surface area (Å²) >= 11 is 0. The number of guanidine groups is 1. The Morgan fingerprint density at radius 2 is 2.12 bits per heavy atom. The molecule has 0 radical (unpaired) electrons. The topological polar surface area (TPSA) is 64.1 Å². The van der Waals surface area contributed by atoms with Crippen molar-refractivity contribution in [3.05, 3.63) is 18.2 Å². The van der Waals surface area contributed by atoms with Crippen LogP contribution in [0.2, 0.25) is 0 Å². The van der Waals surface area contributed by atoms with Crippen molar-refractivity contribution < 1.29 is 14.2 Å². The third-order valence-electron chi connectivity index (χ3n) is 3.76. The third kappa shape index (κ3) is 6.28. The quantitative estimate of drug-likeness (QED) is 0.391. The van der Waals surface area contributed by atoms with Crippen LogP contribution >= 0.6 is 0 Å². The Morgan fingerprint density at radius 1 is 1.29 bits per heavy atom. The number of hydrogen-bond donors (Lipinski definition) is 2. The van der Waals surface area contributed by atoms with Crippen molar-refractivity contribution in [2.75, 3.05) is 45.8 Å². The first-order valence-electron chi connectivity index (χ1n) is 8.63. The van der Waals surface area contributed by atoms with Gasteiger partial charge in [0.05, 0.1) is 13.7 Å². The Labute approximate surface area is 144 Å². The second kappa shape index (κ2) is 10.0. The summed E-state index contributed by atoms with van der Waals surface area (Å²) in [7, 11) is 3.39. The highest BCUT2D eigenvalue weighted by Crippen LogP contribution is 2.30. The van der Waals surface area contributed by atoms with Crippen LogP contribution in [0.1, 0.15) is 26.2 Å². The first kappa shape index (κ1) is 18.4. The van der Waals surface area contributed by atoms with Crippen molar-refractivity contribution in [2.45, 2.75) is 26.2 Å². The molecule has 0 atom stereocenters. The van der Waals surface area contributed by atoms with Crippen LogP contribution in [-0.4, -0.2) is 46.5 Å². The molecule has 0 spiro atoms. The minimum atomic E-state index is 0.591. The molecule has 0 aromatic heterocycles. The summed E-state index contributed by atoms with van der Waals surface area (Å²) in [5.74, 6) is 2.99. The van der Waals surface area contributed by atoms with Gasteiger partial charge in [-0.25, -0.2) is 0 Å². The molecule has 24 heavy (non-hydrogen) atoms. The van der Waals surface area contributed by atoms with Gasteiger partial charge in [0.25, 0.3) is 0 Å². The van der Waals surface area contributed by atoms with Gasteiger partial charge in [0.2, 0.25) is 0 Å². The number of aliphatic imine (C=N–C) groups is 1. The van der Waals surface area contributed by atoms with Gasteiger partial charge in [-0.05, 0) is 44.2 Å². The van der Waals surface area contributed by atoms with Crippen molar-refractivity contribution in [3.63, 3.8) is 0 Å². The maximum atomic E-state index is 5.63. The number of benzene rings is 1. The predicted molar refractivity (Wildman–Crippen MR) is 97.3 cm³/mol. The van der Waals surface area contributed by atoms with Crippen LogP contribution in [0.3, 0.4) is 0 Å². The van der Waals surface area contributed by atoms with E-state index in [0.717, 1.165) is 49.5 Å². The molecule has 6 heteroatoms. The van der Waals surface area contributed by atoms with E-state index in [1.54, 1.807) is 14.2 Å². The molecule has 0 heterocycles. The highest BCUT2D eigenvalue weighted by atomic mass is 16.5. The summed E-state index contributed by atoms with van der Waals surface area (Å²) in [5, 5.41) is 6.55. The van der Waals surface area contributed by atoms with Crippen LogP contribution in [0.5, 0.6) is 11.5 Å². The Morgan fingerprint density at radius 3 is 2.79 bits per heavy atom. The van der Waals surface area contributed by atoms with Gasteiger partial charge in [0.1, 0.15) is 0 Å². The SMILES string of the molecule is CCOc1cc(NC(=NC)NCCCOCC2CC2)ccc1OC. The van der Waals surface area contributed by atoms with Gasteiger partial charge in [0.15, 0.2) is 17.5 Å². The number of anilines is 1. The molecular formula is C18H29N3O3. The van der Waals surface area contributed by atoms with Gasteiger partial charge < -0.3 is 24.8 Å². The minimum Gasteiger partial charge on any atom is -0.493 e. The second-order valence-corrected chi connectivity index (χ2v) is 5.79. The molecule has 0 bridgehead atoms. The third-order valence-corrected chi connectivity index (χ3v) is 3.76. The van der Waals surface area contributed by atoms with Crippen molar-refractivity contribution in [1.29, 1.82) is 0 Å². The first-order valence-corrected chi connectivity index (χ1v) is 8.63. The van der Waals surface area contributed by atoms with Crippen LogP contribution in [-0.2, 0) is 4.74 Å². The van der Waals surface area contributed by atoms with E-state index in [0.29, 0.717) is 12.4 Å². The fraction of sp³-hybridized carbons (Fsp3) is 0.611. The van der Waals surface area contributed by atoms with Crippen molar-refractivity contribution in [3.8, 4) is 11.5 Å². The Balaban J connectivity index is 1.75. The molecule has 134 valence electrons. The zero-order valence-corrected chi connectivity index (χ0v) is 14.9. The zero-order chi connectivity index (χ0) is 17.2. The molecular weight excluding hydrogens is 306 g/mol. The number of hydrogen-bond acceptors (Lipinski definition) is 4. The number of nitrogens with zero attached hydrogens (tertiary/aromatic N) is 1. The lowest BCUT2D eigenvalue weighted by molar-refractivity contribution is 0.123. The smallest absolute Gasteiger partial charge is 0.195 e. The fourth-order valence-electron chi connectivity index (χ4n) is 2.25. The molecule has 0 aliphatic heterocycles. The molecule has 1 saturated carbocycles. The predicted octanol–water partition coefficient (Wildman–Crippen LogP) is 2.90. The minimum absolute atomic E-state index is 0.591. The van der Waals surface area contributed by atoms with E-state index < -0.39 is 0 Å². The largest absolute Gasteiger partial charge is 0.493 e. The molecule has 1 aromatic carbocycles. The molecule has 1 fully saturated rings. The lowest BCUT2D eigenvalue weighted by Gasteiger charge is -2.14. The van der Waals surface area contributed by atoms with E-state index in [1.165, 1.54) is 12.8 Å². The molecule has 0 saturated heterocycles. The summed E-state index contributed by atoms with van der Waals surface area (Å²) in [4.78, 5) is 4.24. The monoisotopic (exact) mass is 335 g/mol. The van der Waals surface area contributed by atoms with E-state index in [9.17, 15) is 0 Å². The molecule has 1 aliphatic carbocycles. The highest BCUT2D eigenvalue weighted by molar-refractivity contribution is 5.93. The van der Waals surface area contributed by atoms with E-state index in [4.69, 9.17) is 14.2 Å². The van der Waals surface area contributed by atoms with E-state index >= 15 is 0 Å². The summed E-state index contributed by atoms with van der Waals surface area (Å²) in [6, 6.07) is 5.73. The standard InChI is InChI=1S/C18H29N3O3/c1-4-24-17-12-15(8-9-16(17)22-3)21-18(19-2)20-10-5-11-23-13-14-6-7-14/h8-9,12,14H,4-7,10-11,13H2,1-3H3,(H2,19,20,21). The van der Waals surface area contributed by atoms with Crippen LogP contribution in [0.4, 0.5) is 5.69 Å². The Kier molecular flexibility index (Phi) is 7.68. The summed E-state index contributed by atoms with van der Waals surface area (Å²) < 4.78 is 16.5. The lowest BCUT2D eigenvalue weighted by Crippen LogP contribution is -2.32. The van der Waals surface area contributed by atoms with Gasteiger partial charge in [-0.3, -0.25) is 4.99 Å². The molecule has 0 unspecified atom stereocenters. The normalized spacial score (nSPS) is 14.4. The zero-order valence-electron chi connectivity index (χ0n) is 14.9. The first-order chi connectivity index (χ1) is 11.8. The summed E-state index contributed by atoms with van der Waals surface area (Å²) in [6.45, 7) is 5.06. The summed E-state index contributed by atoms with van der Waals surface area (Å²) in [5.41, 5.74) is 0.900. The van der Waals surface area contributed by atoms with E-state index in [1.807, 2.05) is 25.1 Å². The van der Waals surface area contributed by atoms with Crippen molar-refractivity contribution >= 4 is 11.6 Å². The average Bonchev–Trinajstić information content (AvgIpc) is 3.41. The molecule has 1 aliphatic rings. The molecule has 0 amide bonds. The molecule has 2 N–H and O–H groups in total. The molecule has 6 nitrogen and oxygen atoms in total. The second-order valence-electron chi connectivity index (χ2n) is 5.79. The van der Waals surface area contributed by atoms with E-state index in [-0.39, 0.29) is 0 Å². The summed E-state index contributed by atoms with van der Waals surface area (Å²) in [6.07, 6.45) is 3.63. The van der Waals surface area contributed by atoms with Gasteiger partial charge >= 0.3 is 0 Å². The van der Waals surface area contributed by atoms with Crippen LogP contribution in [0.15, 0.2) is 23.2 Å². The fourth-order valence-corrected chi connectivity index (χ4v) is 2.25. The van der Waals surface area contributed by atoms with Gasteiger partial charge in [-0.2, -0.15) is 0 Å². The number of ether oxygens (including phenoxy) is 3. The lowest BCUT2D eigenvalue weighted by atomic mass is 10.2. The van der Waals surface area contributed by atoms with Crippen molar-refractivity contribution in [2.24, 2.45) is 10.9 Å². The maximum Gasteiger partial charge on any atom is 0.195 e. The number of nitrogens with one attached hydrogen (secondary N) is 2. The van der Waals surface area contributed by atoms with Gasteiger partial charge in [-0.15, -0.1) is 0 Å². The van der Waals surface area contributed by atoms with E-state index in [2.05, 4.69) is 15.6 Å². The van der Waals surface area contributed by atoms with Gasteiger partial charge in [-0.1, -0.05) is 0 Å².